The van der Waals surface area contributed by atoms with E-state index in [2.05, 4.69) is 28.2 Å². The van der Waals surface area contributed by atoms with Crippen LogP contribution in [0.4, 0.5) is 5.69 Å². The summed E-state index contributed by atoms with van der Waals surface area (Å²) in [5.41, 5.74) is 3.58. The zero-order valence-corrected chi connectivity index (χ0v) is 21.3. The van der Waals surface area contributed by atoms with Crippen molar-refractivity contribution in [1.29, 1.82) is 0 Å². The highest BCUT2D eigenvalue weighted by atomic mass is 79.9. The zero-order chi connectivity index (χ0) is 23.9. The van der Waals surface area contributed by atoms with Gasteiger partial charge in [0.1, 0.15) is 0 Å². The van der Waals surface area contributed by atoms with Crippen LogP contribution in [0, 0.1) is 5.92 Å². The van der Waals surface area contributed by atoms with Gasteiger partial charge in [-0.2, -0.15) is 0 Å². The molecule has 0 bridgehead atoms. The third kappa shape index (κ3) is 4.39. The number of carbonyl (C=O) groups is 1. The maximum atomic E-state index is 12.1. The number of nitrogens with one attached hydrogen (secondary N) is 1. The van der Waals surface area contributed by atoms with Crippen LogP contribution in [0.15, 0.2) is 53.0 Å². The lowest BCUT2D eigenvalue weighted by Crippen LogP contribution is -2.32. The topological polar surface area (TPSA) is 67.8 Å². The van der Waals surface area contributed by atoms with Crippen LogP contribution < -0.4 is 14.8 Å². The van der Waals surface area contributed by atoms with Crippen LogP contribution in [-0.4, -0.2) is 25.3 Å². The van der Waals surface area contributed by atoms with Crippen molar-refractivity contribution in [1.82, 2.24) is 0 Å². The first-order valence-electron chi connectivity index (χ1n) is 10.2. The molecule has 3 atom stereocenters. The number of aromatic carboxylic acids is 1. The highest BCUT2D eigenvalue weighted by Gasteiger charge is 2.38. The van der Waals surface area contributed by atoms with Gasteiger partial charge in [-0.25, -0.2) is 4.79 Å². The molecule has 0 aliphatic carbocycles. The summed E-state index contributed by atoms with van der Waals surface area (Å²) in [6.45, 7) is 2.13. The van der Waals surface area contributed by atoms with Crippen molar-refractivity contribution < 1.29 is 19.4 Å². The fourth-order valence-electron chi connectivity index (χ4n) is 4.59. The van der Waals surface area contributed by atoms with Gasteiger partial charge in [0.05, 0.1) is 41.6 Å². The Morgan fingerprint density at radius 3 is 2.30 bits per heavy atom. The Morgan fingerprint density at radius 1 is 0.970 bits per heavy atom. The summed E-state index contributed by atoms with van der Waals surface area (Å²) in [6, 6.07) is 14.7. The molecule has 8 heteroatoms. The van der Waals surface area contributed by atoms with Gasteiger partial charge in [0.2, 0.25) is 0 Å². The molecule has 172 valence electrons. The van der Waals surface area contributed by atoms with Crippen LogP contribution in [0.1, 0.15) is 45.9 Å². The lowest BCUT2D eigenvalue weighted by Gasteiger charge is -2.40. The summed E-state index contributed by atoms with van der Waals surface area (Å²) in [5.74, 6) is 0.139. The number of ether oxygens (including phenoxy) is 2. The van der Waals surface area contributed by atoms with Crippen LogP contribution in [-0.2, 0) is 0 Å². The largest absolute Gasteiger partial charge is 0.493 e. The molecule has 0 aromatic heterocycles. The number of fused-ring (bicyclic) bond motifs is 1. The predicted octanol–water partition coefficient (Wildman–Crippen LogP) is 7.41. The van der Waals surface area contributed by atoms with Gasteiger partial charge >= 0.3 is 5.97 Å². The second kappa shape index (κ2) is 9.45. The molecule has 0 saturated heterocycles. The average molecular weight is 551 g/mol. The SMILES string of the molecule is COc1ccc([C@@H]2c3cc(Br)cc(C(=O)O)c3N[C@H](c3ccc(Cl)c(Cl)c3)[C@@H]2C)cc1OC. The molecule has 0 radical (unpaired) electrons. The second-order valence-electron chi connectivity index (χ2n) is 7.97. The van der Waals surface area contributed by atoms with E-state index in [1.165, 1.54) is 0 Å². The van der Waals surface area contributed by atoms with E-state index in [9.17, 15) is 9.90 Å². The number of hydrogen-bond donors (Lipinski definition) is 2. The van der Waals surface area contributed by atoms with Gasteiger partial charge in [0, 0.05) is 10.4 Å². The molecule has 0 saturated carbocycles. The molecular formula is C25H22BrCl2NO4. The van der Waals surface area contributed by atoms with Crippen LogP contribution in [0.2, 0.25) is 10.0 Å². The number of halogens is 3. The zero-order valence-electron chi connectivity index (χ0n) is 18.2. The number of hydrogen-bond acceptors (Lipinski definition) is 4. The Morgan fingerprint density at radius 2 is 1.67 bits per heavy atom. The maximum absolute atomic E-state index is 12.1. The fraction of sp³-hybridized carbons (Fsp3) is 0.240. The number of methoxy groups -OCH3 is 2. The Bertz CT molecular complexity index is 1230. The summed E-state index contributed by atoms with van der Waals surface area (Å²) >= 11 is 16.0. The van der Waals surface area contributed by atoms with Gasteiger partial charge in [0.25, 0.3) is 0 Å². The van der Waals surface area contributed by atoms with E-state index in [1.54, 1.807) is 26.4 Å². The van der Waals surface area contributed by atoms with Crippen LogP contribution in [0.5, 0.6) is 11.5 Å². The predicted molar refractivity (Wildman–Crippen MR) is 134 cm³/mol. The second-order valence-corrected chi connectivity index (χ2v) is 9.70. The number of benzene rings is 3. The Balaban J connectivity index is 1.94. The minimum atomic E-state index is -1.01. The van der Waals surface area contributed by atoms with Crippen molar-refractivity contribution in [3.63, 3.8) is 0 Å². The van der Waals surface area contributed by atoms with Crippen LogP contribution in [0.25, 0.3) is 0 Å². The Kier molecular flexibility index (Phi) is 6.80. The molecule has 0 fully saturated rings. The molecule has 3 aromatic carbocycles. The van der Waals surface area contributed by atoms with Crippen molar-refractivity contribution in [3.05, 3.63) is 85.3 Å². The molecule has 4 rings (SSSR count). The van der Waals surface area contributed by atoms with E-state index in [0.29, 0.717) is 31.7 Å². The molecule has 0 spiro atoms. The highest BCUT2D eigenvalue weighted by molar-refractivity contribution is 9.10. The highest BCUT2D eigenvalue weighted by Crippen LogP contribution is 2.51. The van der Waals surface area contributed by atoms with Crippen LogP contribution in [0.3, 0.4) is 0 Å². The molecule has 1 aliphatic heterocycles. The number of rotatable bonds is 5. The standard InChI is InChI=1S/C25H22BrCl2NO4/c1-12-22(13-5-7-20(32-2)21(9-13)33-3)16-10-15(26)11-17(25(30)31)24(16)29-23(12)14-4-6-18(27)19(28)8-14/h4-12,22-23,29H,1-3H3,(H,30,31)/t12-,22-,23+/m1/s1. The summed E-state index contributed by atoms with van der Waals surface area (Å²) in [6.07, 6.45) is 0. The summed E-state index contributed by atoms with van der Waals surface area (Å²) in [5, 5.41) is 14.3. The fourth-order valence-corrected chi connectivity index (χ4v) is 5.37. The van der Waals surface area contributed by atoms with Gasteiger partial charge in [-0.3, -0.25) is 0 Å². The van der Waals surface area contributed by atoms with Crippen LogP contribution >= 0.6 is 39.1 Å². The molecule has 0 unspecified atom stereocenters. The van der Waals surface area contributed by atoms with Crippen molar-refractivity contribution in [2.24, 2.45) is 5.92 Å². The smallest absolute Gasteiger partial charge is 0.337 e. The first-order chi connectivity index (χ1) is 15.7. The van der Waals surface area contributed by atoms with E-state index in [4.69, 9.17) is 32.7 Å². The molecule has 1 heterocycles. The van der Waals surface area contributed by atoms with Gasteiger partial charge in [-0.15, -0.1) is 0 Å². The Labute approximate surface area is 210 Å². The van der Waals surface area contributed by atoms with Crippen molar-refractivity contribution in [2.45, 2.75) is 18.9 Å². The third-order valence-corrected chi connectivity index (χ3v) is 7.32. The van der Waals surface area contributed by atoms with Gasteiger partial charge in [-0.05, 0) is 59.0 Å². The quantitative estimate of drug-likeness (QED) is 0.346. The summed E-state index contributed by atoms with van der Waals surface area (Å²) in [7, 11) is 3.19. The first kappa shape index (κ1) is 23.7. The third-order valence-electron chi connectivity index (χ3n) is 6.12. The molecule has 33 heavy (non-hydrogen) atoms. The maximum Gasteiger partial charge on any atom is 0.337 e. The van der Waals surface area contributed by atoms with Gasteiger partial charge in [0.15, 0.2) is 11.5 Å². The van der Waals surface area contributed by atoms with E-state index < -0.39 is 5.97 Å². The van der Waals surface area contributed by atoms with E-state index in [0.717, 1.165) is 16.7 Å². The van der Waals surface area contributed by atoms with Gasteiger partial charge < -0.3 is 19.9 Å². The number of anilines is 1. The summed E-state index contributed by atoms with van der Waals surface area (Å²) in [4.78, 5) is 12.1. The van der Waals surface area contributed by atoms with E-state index in [-0.39, 0.29) is 23.4 Å². The van der Waals surface area contributed by atoms with E-state index in [1.807, 2.05) is 36.4 Å². The Hall–Kier alpha value is -2.41. The lowest BCUT2D eigenvalue weighted by atomic mass is 9.72. The average Bonchev–Trinajstić information content (AvgIpc) is 2.79. The molecule has 1 aliphatic rings. The number of carboxylic acids is 1. The van der Waals surface area contributed by atoms with E-state index >= 15 is 0 Å². The minimum absolute atomic E-state index is 0.0313. The molecule has 0 amide bonds. The molecule has 5 nitrogen and oxygen atoms in total. The lowest BCUT2D eigenvalue weighted by molar-refractivity contribution is 0.0697. The van der Waals surface area contributed by atoms with Crippen molar-refractivity contribution >= 4 is 50.8 Å². The monoisotopic (exact) mass is 549 g/mol. The molecule has 3 aromatic rings. The first-order valence-corrected chi connectivity index (χ1v) is 11.8. The summed E-state index contributed by atoms with van der Waals surface area (Å²) < 4.78 is 11.7. The van der Waals surface area contributed by atoms with Gasteiger partial charge in [-0.1, -0.05) is 58.2 Å². The number of carboxylic acid groups (broad SMARTS) is 1. The molecule has 2 N–H and O–H groups in total. The normalized spacial score (nSPS) is 19.4. The van der Waals surface area contributed by atoms with Crippen molar-refractivity contribution in [2.75, 3.05) is 19.5 Å². The minimum Gasteiger partial charge on any atom is -0.493 e. The van der Waals surface area contributed by atoms with Crippen molar-refractivity contribution in [3.8, 4) is 11.5 Å². The molecular weight excluding hydrogens is 529 g/mol.